The summed E-state index contributed by atoms with van der Waals surface area (Å²) in [5, 5.41) is 3.37. The highest BCUT2D eigenvalue weighted by atomic mass is 16.5. The molecule has 0 aliphatic carbocycles. The number of nitrogens with one attached hydrogen (secondary N) is 1. The van der Waals surface area contributed by atoms with E-state index in [1.165, 1.54) is 0 Å². The maximum Gasteiger partial charge on any atom is 0.230 e. The van der Waals surface area contributed by atoms with Gasteiger partial charge in [0.25, 0.3) is 0 Å². The van der Waals surface area contributed by atoms with Crippen LogP contribution in [0.3, 0.4) is 0 Å². The molecule has 2 aliphatic heterocycles. The minimum atomic E-state index is -0.0322. The highest BCUT2D eigenvalue weighted by Crippen LogP contribution is 2.34. The molecule has 0 aromatic heterocycles. The number of carbonyl (C=O) groups is 1. The van der Waals surface area contributed by atoms with E-state index in [1.807, 2.05) is 29.2 Å². The van der Waals surface area contributed by atoms with E-state index < -0.39 is 0 Å². The summed E-state index contributed by atoms with van der Waals surface area (Å²) in [6.07, 6.45) is 0.786. The fraction of sp³-hybridized carbons (Fsp3) is 0.533. The lowest BCUT2D eigenvalue weighted by molar-refractivity contribution is -0.134. The second-order valence-electron chi connectivity index (χ2n) is 5.37. The van der Waals surface area contributed by atoms with Crippen molar-refractivity contribution in [3.05, 3.63) is 29.8 Å². The summed E-state index contributed by atoms with van der Waals surface area (Å²) in [6, 6.07) is 8.29. The van der Waals surface area contributed by atoms with Crippen molar-refractivity contribution in [3.63, 3.8) is 0 Å². The Hall–Kier alpha value is -1.55. The highest BCUT2D eigenvalue weighted by molar-refractivity contribution is 5.85. The van der Waals surface area contributed by atoms with Crippen LogP contribution < -0.4 is 10.1 Å². The van der Waals surface area contributed by atoms with Gasteiger partial charge in [-0.1, -0.05) is 18.2 Å². The first-order chi connectivity index (χ1) is 9.25. The molecule has 0 spiro atoms. The summed E-state index contributed by atoms with van der Waals surface area (Å²) in [7, 11) is 0. The first kappa shape index (κ1) is 12.5. The van der Waals surface area contributed by atoms with Crippen molar-refractivity contribution in [2.75, 3.05) is 26.2 Å². The van der Waals surface area contributed by atoms with Gasteiger partial charge in [0.1, 0.15) is 5.75 Å². The number of nitrogens with zero attached hydrogens (tertiary/aromatic N) is 1. The zero-order valence-corrected chi connectivity index (χ0v) is 11.3. The van der Waals surface area contributed by atoms with Crippen molar-refractivity contribution in [1.82, 2.24) is 10.2 Å². The Morgan fingerprint density at radius 3 is 3.11 bits per heavy atom. The van der Waals surface area contributed by atoms with Crippen LogP contribution in [0, 0.1) is 0 Å². The minimum Gasteiger partial charge on any atom is -0.493 e. The topological polar surface area (TPSA) is 41.6 Å². The molecule has 0 radical (unpaired) electrons. The second-order valence-corrected chi connectivity index (χ2v) is 5.37. The monoisotopic (exact) mass is 260 g/mol. The maximum absolute atomic E-state index is 12.7. The fourth-order valence-corrected chi connectivity index (χ4v) is 2.95. The van der Waals surface area contributed by atoms with Crippen LogP contribution in [-0.2, 0) is 4.79 Å². The van der Waals surface area contributed by atoms with E-state index in [0.717, 1.165) is 37.4 Å². The third-order valence-electron chi connectivity index (χ3n) is 3.94. The molecule has 2 atom stereocenters. The van der Waals surface area contributed by atoms with Gasteiger partial charge in [-0.25, -0.2) is 0 Å². The average molecular weight is 260 g/mol. The highest BCUT2D eigenvalue weighted by Gasteiger charge is 2.32. The Balaban J connectivity index is 1.81. The summed E-state index contributed by atoms with van der Waals surface area (Å²) in [6.45, 7) is 5.26. The molecule has 0 bridgehead atoms. The molecule has 4 nitrogen and oxygen atoms in total. The molecule has 1 amide bonds. The molecule has 2 aliphatic rings. The minimum absolute atomic E-state index is 0.0322. The lowest BCUT2D eigenvalue weighted by atomic mass is 9.91. The van der Waals surface area contributed by atoms with Crippen LogP contribution in [0.5, 0.6) is 5.75 Å². The first-order valence-corrected chi connectivity index (χ1v) is 6.99. The van der Waals surface area contributed by atoms with Crippen LogP contribution in [-0.4, -0.2) is 43.1 Å². The molecular weight excluding hydrogens is 240 g/mol. The van der Waals surface area contributed by atoms with Gasteiger partial charge in [-0.05, 0) is 19.4 Å². The average Bonchev–Trinajstić information content (AvgIpc) is 2.46. The zero-order valence-electron chi connectivity index (χ0n) is 11.3. The van der Waals surface area contributed by atoms with Crippen LogP contribution in [0.15, 0.2) is 24.3 Å². The van der Waals surface area contributed by atoms with Crippen molar-refractivity contribution in [2.24, 2.45) is 0 Å². The smallest absolute Gasteiger partial charge is 0.230 e. The second kappa shape index (κ2) is 5.21. The van der Waals surface area contributed by atoms with Crippen LogP contribution in [0.1, 0.15) is 24.8 Å². The van der Waals surface area contributed by atoms with Gasteiger partial charge in [-0.2, -0.15) is 0 Å². The molecule has 1 aromatic rings. The Kier molecular flexibility index (Phi) is 3.42. The van der Waals surface area contributed by atoms with Crippen molar-refractivity contribution in [3.8, 4) is 5.75 Å². The predicted octanol–water partition coefficient (Wildman–Crippen LogP) is 1.37. The number of hydrogen-bond donors (Lipinski definition) is 1. The number of para-hydroxylation sites is 1. The molecule has 102 valence electrons. The van der Waals surface area contributed by atoms with Gasteiger partial charge in [-0.3, -0.25) is 4.79 Å². The SMILES string of the molecule is C[C@@H]1CN(C(=O)[C@H]2CCOc3ccccc32)CCN1. The van der Waals surface area contributed by atoms with Gasteiger partial charge in [0, 0.05) is 31.2 Å². The maximum atomic E-state index is 12.7. The Labute approximate surface area is 113 Å². The van der Waals surface area contributed by atoms with Gasteiger partial charge >= 0.3 is 0 Å². The van der Waals surface area contributed by atoms with Crippen molar-refractivity contribution < 1.29 is 9.53 Å². The molecule has 1 aromatic carbocycles. The summed E-state index contributed by atoms with van der Waals surface area (Å²) < 4.78 is 5.63. The van der Waals surface area contributed by atoms with Crippen molar-refractivity contribution in [2.45, 2.75) is 25.3 Å². The molecule has 2 heterocycles. The summed E-state index contributed by atoms with van der Waals surface area (Å²) in [4.78, 5) is 14.7. The van der Waals surface area contributed by atoms with Crippen LogP contribution >= 0.6 is 0 Å². The van der Waals surface area contributed by atoms with Crippen LogP contribution in [0.25, 0.3) is 0 Å². The number of piperazine rings is 1. The van der Waals surface area contributed by atoms with Gasteiger partial charge in [0.2, 0.25) is 5.91 Å². The molecule has 0 saturated carbocycles. The third-order valence-corrected chi connectivity index (χ3v) is 3.94. The Morgan fingerprint density at radius 2 is 2.26 bits per heavy atom. The Bertz CT molecular complexity index is 475. The fourth-order valence-electron chi connectivity index (χ4n) is 2.95. The summed E-state index contributed by atoms with van der Waals surface area (Å²) in [5.74, 6) is 1.09. The number of amides is 1. The molecule has 3 rings (SSSR count). The number of hydrogen-bond acceptors (Lipinski definition) is 3. The van der Waals surface area contributed by atoms with E-state index in [-0.39, 0.29) is 11.8 Å². The number of benzene rings is 1. The van der Waals surface area contributed by atoms with E-state index in [9.17, 15) is 4.79 Å². The number of fused-ring (bicyclic) bond motifs is 1. The quantitative estimate of drug-likeness (QED) is 0.829. The lowest BCUT2D eigenvalue weighted by Gasteiger charge is -2.35. The molecule has 1 N–H and O–H groups in total. The standard InChI is InChI=1S/C15H20N2O2/c1-11-10-17(8-7-16-11)15(18)13-6-9-19-14-5-3-2-4-12(13)14/h2-5,11,13,16H,6-10H2,1H3/t11-,13+/m1/s1. The van der Waals surface area contributed by atoms with Gasteiger partial charge in [-0.15, -0.1) is 0 Å². The van der Waals surface area contributed by atoms with Crippen LogP contribution in [0.2, 0.25) is 0 Å². The molecular formula is C15H20N2O2. The molecule has 1 saturated heterocycles. The third kappa shape index (κ3) is 2.45. The number of ether oxygens (including phenoxy) is 1. The van der Waals surface area contributed by atoms with Gasteiger partial charge in [0.05, 0.1) is 12.5 Å². The summed E-state index contributed by atoms with van der Waals surface area (Å²) in [5.41, 5.74) is 1.05. The molecule has 0 unspecified atom stereocenters. The Morgan fingerprint density at radius 1 is 1.42 bits per heavy atom. The lowest BCUT2D eigenvalue weighted by Crippen LogP contribution is -2.52. The van der Waals surface area contributed by atoms with Gasteiger partial charge < -0.3 is 15.0 Å². The van der Waals surface area contributed by atoms with Crippen molar-refractivity contribution >= 4 is 5.91 Å². The van der Waals surface area contributed by atoms with E-state index in [1.54, 1.807) is 0 Å². The van der Waals surface area contributed by atoms with E-state index in [0.29, 0.717) is 12.6 Å². The largest absolute Gasteiger partial charge is 0.493 e. The number of rotatable bonds is 1. The van der Waals surface area contributed by atoms with E-state index in [4.69, 9.17) is 4.74 Å². The van der Waals surface area contributed by atoms with Crippen LogP contribution in [0.4, 0.5) is 0 Å². The van der Waals surface area contributed by atoms with E-state index >= 15 is 0 Å². The zero-order chi connectivity index (χ0) is 13.2. The normalized spacial score (nSPS) is 26.5. The first-order valence-electron chi connectivity index (χ1n) is 6.99. The number of carbonyl (C=O) groups excluding carboxylic acids is 1. The molecule has 4 heteroatoms. The predicted molar refractivity (Wildman–Crippen MR) is 73.3 cm³/mol. The van der Waals surface area contributed by atoms with E-state index in [2.05, 4.69) is 12.2 Å². The van der Waals surface area contributed by atoms with Gasteiger partial charge in [0.15, 0.2) is 0 Å². The molecule has 19 heavy (non-hydrogen) atoms. The molecule has 1 fully saturated rings. The van der Waals surface area contributed by atoms with Crippen molar-refractivity contribution in [1.29, 1.82) is 0 Å². The summed E-state index contributed by atoms with van der Waals surface area (Å²) >= 11 is 0.